The summed E-state index contributed by atoms with van der Waals surface area (Å²) in [6, 6.07) is 16.6. The van der Waals surface area contributed by atoms with Crippen LogP contribution >= 0.6 is 0 Å². The van der Waals surface area contributed by atoms with E-state index in [1.165, 1.54) is 16.7 Å². The normalized spacial score (nSPS) is 12.7. The molecule has 0 bridgehead atoms. The lowest BCUT2D eigenvalue weighted by atomic mass is 9.97. The van der Waals surface area contributed by atoms with E-state index >= 15 is 0 Å². The van der Waals surface area contributed by atoms with Gasteiger partial charge in [-0.1, -0.05) is 61.0 Å². The van der Waals surface area contributed by atoms with E-state index in [-0.39, 0.29) is 5.92 Å². The van der Waals surface area contributed by atoms with Gasteiger partial charge in [-0.3, -0.25) is 0 Å². The lowest BCUT2D eigenvalue weighted by Gasteiger charge is -2.14. The molecule has 0 radical (unpaired) electrons. The SMILES string of the molecule is Cc1ccc(Cc2ccc(C(C)C(O)O)cc2)cc1. The molecule has 0 aliphatic carbocycles. The van der Waals surface area contributed by atoms with Crippen LogP contribution in [0.15, 0.2) is 48.5 Å². The van der Waals surface area contributed by atoms with Gasteiger partial charge >= 0.3 is 0 Å². The van der Waals surface area contributed by atoms with E-state index in [0.29, 0.717) is 0 Å². The Morgan fingerprint density at radius 1 is 0.842 bits per heavy atom. The van der Waals surface area contributed by atoms with Crippen molar-refractivity contribution < 1.29 is 10.2 Å². The first-order valence-electron chi connectivity index (χ1n) is 6.57. The molecule has 0 saturated heterocycles. The first kappa shape index (κ1) is 13.8. The number of aryl methyl sites for hydroxylation is 1. The highest BCUT2D eigenvalue weighted by Gasteiger charge is 2.12. The van der Waals surface area contributed by atoms with Gasteiger partial charge in [-0.2, -0.15) is 0 Å². The Kier molecular flexibility index (Phi) is 4.35. The Balaban J connectivity index is 2.08. The zero-order valence-corrected chi connectivity index (χ0v) is 11.4. The number of rotatable bonds is 4. The molecule has 0 heterocycles. The highest BCUT2D eigenvalue weighted by Crippen LogP contribution is 2.19. The van der Waals surface area contributed by atoms with Crippen LogP contribution in [0.1, 0.15) is 35.1 Å². The second-order valence-electron chi connectivity index (χ2n) is 5.11. The maximum Gasteiger partial charge on any atom is 0.158 e. The van der Waals surface area contributed by atoms with Crippen LogP contribution in [0.5, 0.6) is 0 Å². The van der Waals surface area contributed by atoms with Crippen LogP contribution in [0.2, 0.25) is 0 Å². The van der Waals surface area contributed by atoms with E-state index in [4.69, 9.17) is 10.2 Å². The van der Waals surface area contributed by atoms with Crippen molar-refractivity contribution in [3.8, 4) is 0 Å². The zero-order chi connectivity index (χ0) is 13.8. The molecule has 0 saturated carbocycles. The minimum atomic E-state index is -1.30. The third kappa shape index (κ3) is 3.66. The Bertz CT molecular complexity index is 512. The van der Waals surface area contributed by atoms with E-state index < -0.39 is 6.29 Å². The van der Waals surface area contributed by atoms with Crippen LogP contribution in [-0.2, 0) is 6.42 Å². The highest BCUT2D eigenvalue weighted by atomic mass is 16.5. The Hall–Kier alpha value is -1.64. The summed E-state index contributed by atoms with van der Waals surface area (Å²) in [7, 11) is 0. The topological polar surface area (TPSA) is 40.5 Å². The molecular formula is C17H20O2. The minimum Gasteiger partial charge on any atom is -0.368 e. The maximum absolute atomic E-state index is 9.16. The van der Waals surface area contributed by atoms with E-state index in [1.54, 1.807) is 6.92 Å². The standard InChI is InChI=1S/C17H20O2/c1-12-3-5-14(6-4-12)11-15-7-9-16(10-8-15)13(2)17(18)19/h3-10,13,17-19H,11H2,1-2H3. The van der Waals surface area contributed by atoms with E-state index in [0.717, 1.165) is 12.0 Å². The fourth-order valence-corrected chi connectivity index (χ4v) is 2.05. The lowest BCUT2D eigenvalue weighted by Crippen LogP contribution is -2.14. The Morgan fingerprint density at radius 2 is 1.32 bits per heavy atom. The van der Waals surface area contributed by atoms with Gasteiger partial charge in [0.2, 0.25) is 0 Å². The molecule has 19 heavy (non-hydrogen) atoms. The van der Waals surface area contributed by atoms with Crippen LogP contribution in [0.4, 0.5) is 0 Å². The minimum absolute atomic E-state index is 0.256. The first-order valence-corrected chi connectivity index (χ1v) is 6.57. The predicted molar refractivity (Wildman–Crippen MR) is 77.1 cm³/mol. The van der Waals surface area contributed by atoms with Gasteiger partial charge in [0.1, 0.15) is 0 Å². The molecule has 2 rings (SSSR count). The average Bonchev–Trinajstić information content (AvgIpc) is 2.41. The second-order valence-corrected chi connectivity index (χ2v) is 5.11. The van der Waals surface area contributed by atoms with Gasteiger partial charge in [0.05, 0.1) is 0 Å². The molecule has 0 amide bonds. The van der Waals surface area contributed by atoms with Crippen molar-refractivity contribution in [3.63, 3.8) is 0 Å². The van der Waals surface area contributed by atoms with Crippen molar-refractivity contribution in [2.24, 2.45) is 0 Å². The summed E-state index contributed by atoms with van der Waals surface area (Å²) in [6.45, 7) is 3.89. The highest BCUT2D eigenvalue weighted by molar-refractivity contribution is 5.31. The predicted octanol–water partition coefficient (Wildman–Crippen LogP) is 3.00. The quantitative estimate of drug-likeness (QED) is 0.826. The molecule has 0 aliphatic rings. The zero-order valence-electron chi connectivity index (χ0n) is 11.4. The van der Waals surface area contributed by atoms with Gasteiger partial charge in [-0.05, 0) is 30.0 Å². The van der Waals surface area contributed by atoms with Gasteiger partial charge in [0.25, 0.3) is 0 Å². The van der Waals surface area contributed by atoms with Crippen LogP contribution in [0, 0.1) is 6.92 Å². The van der Waals surface area contributed by atoms with E-state index in [1.807, 2.05) is 24.3 Å². The fraction of sp³-hybridized carbons (Fsp3) is 0.294. The Labute approximate surface area is 114 Å². The molecule has 2 N–H and O–H groups in total. The van der Waals surface area contributed by atoms with E-state index in [2.05, 4.69) is 31.2 Å². The smallest absolute Gasteiger partial charge is 0.158 e. The summed E-state index contributed by atoms with van der Waals surface area (Å²) in [5.41, 5.74) is 4.73. The summed E-state index contributed by atoms with van der Waals surface area (Å²) in [6.07, 6.45) is -0.403. The number of aliphatic hydroxyl groups is 2. The van der Waals surface area contributed by atoms with Crippen LogP contribution in [0.25, 0.3) is 0 Å². The van der Waals surface area contributed by atoms with Crippen molar-refractivity contribution in [2.45, 2.75) is 32.5 Å². The van der Waals surface area contributed by atoms with E-state index in [9.17, 15) is 0 Å². The fourth-order valence-electron chi connectivity index (χ4n) is 2.05. The molecule has 0 aromatic heterocycles. The molecule has 2 aromatic carbocycles. The first-order chi connectivity index (χ1) is 9.06. The van der Waals surface area contributed by atoms with Crippen molar-refractivity contribution in [3.05, 3.63) is 70.8 Å². The van der Waals surface area contributed by atoms with Crippen LogP contribution in [-0.4, -0.2) is 16.5 Å². The molecule has 2 heteroatoms. The Morgan fingerprint density at radius 3 is 1.79 bits per heavy atom. The van der Waals surface area contributed by atoms with Gasteiger partial charge in [0.15, 0.2) is 6.29 Å². The molecule has 100 valence electrons. The molecule has 1 atom stereocenters. The van der Waals surface area contributed by atoms with Crippen molar-refractivity contribution >= 4 is 0 Å². The number of hydrogen-bond donors (Lipinski definition) is 2. The van der Waals surface area contributed by atoms with Gasteiger partial charge in [-0.25, -0.2) is 0 Å². The molecule has 0 fully saturated rings. The lowest BCUT2D eigenvalue weighted by molar-refractivity contribution is -0.0561. The summed E-state index contributed by atoms with van der Waals surface area (Å²) in [4.78, 5) is 0. The van der Waals surface area contributed by atoms with Gasteiger partial charge < -0.3 is 10.2 Å². The third-order valence-electron chi connectivity index (χ3n) is 3.48. The van der Waals surface area contributed by atoms with Crippen molar-refractivity contribution in [1.29, 1.82) is 0 Å². The van der Waals surface area contributed by atoms with Crippen molar-refractivity contribution in [1.82, 2.24) is 0 Å². The molecule has 0 spiro atoms. The molecular weight excluding hydrogens is 236 g/mol. The third-order valence-corrected chi connectivity index (χ3v) is 3.48. The number of hydrogen-bond acceptors (Lipinski definition) is 2. The van der Waals surface area contributed by atoms with Crippen LogP contribution in [0.3, 0.4) is 0 Å². The second kappa shape index (κ2) is 6.00. The number of aliphatic hydroxyl groups excluding tert-OH is 1. The van der Waals surface area contributed by atoms with Gasteiger partial charge in [-0.15, -0.1) is 0 Å². The summed E-state index contributed by atoms with van der Waals surface area (Å²) in [5.74, 6) is -0.256. The molecule has 2 aromatic rings. The largest absolute Gasteiger partial charge is 0.368 e. The molecule has 1 unspecified atom stereocenters. The summed E-state index contributed by atoms with van der Waals surface area (Å²) in [5, 5.41) is 18.3. The number of benzene rings is 2. The average molecular weight is 256 g/mol. The summed E-state index contributed by atoms with van der Waals surface area (Å²) < 4.78 is 0. The molecule has 0 aliphatic heterocycles. The van der Waals surface area contributed by atoms with Gasteiger partial charge in [0, 0.05) is 5.92 Å². The van der Waals surface area contributed by atoms with Crippen LogP contribution < -0.4 is 0 Å². The maximum atomic E-state index is 9.16. The monoisotopic (exact) mass is 256 g/mol. The summed E-state index contributed by atoms with van der Waals surface area (Å²) >= 11 is 0. The van der Waals surface area contributed by atoms with Crippen molar-refractivity contribution in [2.75, 3.05) is 0 Å². The molecule has 2 nitrogen and oxygen atoms in total.